The van der Waals surface area contributed by atoms with Crippen molar-refractivity contribution >= 4 is 49.6 Å². The van der Waals surface area contributed by atoms with Gasteiger partial charge in [-0.25, -0.2) is 0 Å². The van der Waals surface area contributed by atoms with E-state index in [2.05, 4.69) is 211 Å². The predicted molar refractivity (Wildman–Crippen MR) is 239 cm³/mol. The molecule has 11 rings (SSSR count). The molecule has 0 saturated carbocycles. The molecule has 0 fully saturated rings. The van der Waals surface area contributed by atoms with E-state index in [0.29, 0.717) is 0 Å². The highest BCUT2D eigenvalue weighted by Gasteiger charge is 2.25. The number of rotatable bonds is 6. The molecule has 1 aromatic heterocycles. The Kier molecular flexibility index (Phi) is 7.61. The topological polar surface area (TPSA) is 17.4 Å². The van der Waals surface area contributed by atoms with Gasteiger partial charge in [-0.1, -0.05) is 121 Å². The molecule has 9 aromatic carbocycles. The van der Waals surface area contributed by atoms with Crippen LogP contribution in [0.2, 0.25) is 0 Å². The second-order valence-electron chi connectivity index (χ2n) is 15.0. The highest BCUT2D eigenvalue weighted by molar-refractivity contribution is 6.12. The third kappa shape index (κ3) is 5.35. The van der Waals surface area contributed by atoms with E-state index in [-0.39, 0.29) is 0 Å². The Balaban J connectivity index is 1.08. The summed E-state index contributed by atoms with van der Waals surface area (Å²) in [6.45, 7) is 4.49. The quantitative estimate of drug-likeness (QED) is 0.169. The molecule has 0 atom stereocenters. The van der Waals surface area contributed by atoms with Gasteiger partial charge in [0.2, 0.25) is 0 Å². The first-order valence-electron chi connectivity index (χ1n) is 19.6. The van der Waals surface area contributed by atoms with Gasteiger partial charge in [0.25, 0.3) is 0 Å². The van der Waals surface area contributed by atoms with Crippen LogP contribution >= 0.6 is 0 Å². The van der Waals surface area contributed by atoms with Crippen LogP contribution in [0.4, 0.5) is 17.1 Å². The van der Waals surface area contributed by atoms with Gasteiger partial charge in [-0.05, 0) is 126 Å². The lowest BCUT2D eigenvalue weighted by Gasteiger charge is -2.31. The Labute approximate surface area is 332 Å². The molecule has 3 nitrogen and oxygen atoms in total. The zero-order chi connectivity index (χ0) is 38.0. The van der Waals surface area contributed by atoms with Crippen molar-refractivity contribution in [3.8, 4) is 50.6 Å². The summed E-state index contributed by atoms with van der Waals surface area (Å²) < 4.78 is 8.91. The Morgan fingerprint density at radius 2 is 1.07 bits per heavy atom. The fourth-order valence-electron chi connectivity index (χ4n) is 8.95. The first kappa shape index (κ1) is 33.0. The number of hydrogen-bond acceptors (Lipinski definition) is 2. The van der Waals surface area contributed by atoms with Crippen LogP contribution in [-0.2, 0) is 0 Å². The molecule has 0 N–H and O–H groups in total. The van der Waals surface area contributed by atoms with Crippen molar-refractivity contribution in [1.29, 1.82) is 0 Å². The minimum atomic E-state index is 0.884. The van der Waals surface area contributed by atoms with Gasteiger partial charge in [0.05, 0.1) is 16.7 Å². The van der Waals surface area contributed by atoms with Crippen molar-refractivity contribution in [2.45, 2.75) is 13.8 Å². The summed E-state index contributed by atoms with van der Waals surface area (Å²) in [4.78, 5) is 2.43. The number of nitrogens with zero attached hydrogens (tertiary/aromatic N) is 2. The molecule has 1 aliphatic rings. The van der Waals surface area contributed by atoms with Crippen LogP contribution in [0.1, 0.15) is 11.1 Å². The minimum absolute atomic E-state index is 0.884. The zero-order valence-corrected chi connectivity index (χ0v) is 31.8. The predicted octanol–water partition coefficient (Wildman–Crippen LogP) is 15.1. The largest absolute Gasteiger partial charge is 0.456 e. The molecule has 0 unspecified atom stereocenters. The molecule has 1 aliphatic heterocycles. The molecule has 0 amide bonds. The van der Waals surface area contributed by atoms with E-state index < -0.39 is 0 Å². The lowest BCUT2D eigenvalue weighted by Crippen LogP contribution is -2.13. The smallest absolute Gasteiger partial charge is 0.135 e. The summed E-state index contributed by atoms with van der Waals surface area (Å²) >= 11 is 0. The monoisotopic (exact) mass is 730 g/mol. The van der Waals surface area contributed by atoms with Crippen LogP contribution in [0.5, 0.6) is 11.5 Å². The number of para-hydroxylation sites is 3. The van der Waals surface area contributed by atoms with E-state index in [1.54, 1.807) is 0 Å². The van der Waals surface area contributed by atoms with E-state index in [1.807, 2.05) is 6.07 Å². The first-order valence-corrected chi connectivity index (χ1v) is 19.6. The molecule has 270 valence electrons. The molecule has 0 spiro atoms. The number of ether oxygens (including phenoxy) is 1. The van der Waals surface area contributed by atoms with Gasteiger partial charge < -0.3 is 14.2 Å². The van der Waals surface area contributed by atoms with Crippen molar-refractivity contribution in [2.75, 3.05) is 4.90 Å². The van der Waals surface area contributed by atoms with Crippen LogP contribution in [-0.4, -0.2) is 4.57 Å². The van der Waals surface area contributed by atoms with Crippen LogP contribution in [0.15, 0.2) is 194 Å². The molecular weight excluding hydrogens is 693 g/mol. The van der Waals surface area contributed by atoms with Crippen molar-refractivity contribution in [1.82, 2.24) is 4.57 Å². The Hall–Kier alpha value is -7.36. The normalized spacial score (nSPS) is 11.8. The van der Waals surface area contributed by atoms with Gasteiger partial charge in [0.1, 0.15) is 11.5 Å². The van der Waals surface area contributed by atoms with Crippen LogP contribution in [0, 0.1) is 13.8 Å². The van der Waals surface area contributed by atoms with Crippen molar-refractivity contribution in [2.24, 2.45) is 0 Å². The number of hydrogen-bond donors (Lipinski definition) is 0. The fourth-order valence-corrected chi connectivity index (χ4v) is 8.95. The van der Waals surface area contributed by atoms with Crippen molar-refractivity contribution < 1.29 is 4.74 Å². The van der Waals surface area contributed by atoms with Gasteiger partial charge in [0.15, 0.2) is 0 Å². The maximum atomic E-state index is 6.53. The molecule has 0 radical (unpaired) electrons. The lowest BCUT2D eigenvalue weighted by atomic mass is 9.92. The summed E-state index contributed by atoms with van der Waals surface area (Å²) in [5.41, 5.74) is 16.5. The standard InChI is InChI=1S/C54H38N2O/c1-35-33-51(36(2)32-46(35)39-26-30-50-47(34-39)42-18-9-11-21-48(42)55(50)40-16-7-4-8-17-40)56(41-27-24-38(25-28-41)37-14-5-3-6-15-37)49-31-29-44-43-19-10-12-22-52(43)57-53-23-13-20-45(49)54(44)53/h3-34H,1-2H3. The Morgan fingerprint density at radius 3 is 1.91 bits per heavy atom. The maximum absolute atomic E-state index is 6.53. The maximum Gasteiger partial charge on any atom is 0.135 e. The molecule has 0 aliphatic carbocycles. The van der Waals surface area contributed by atoms with Crippen LogP contribution < -0.4 is 9.64 Å². The Morgan fingerprint density at radius 1 is 0.404 bits per heavy atom. The molecule has 10 aromatic rings. The van der Waals surface area contributed by atoms with Gasteiger partial charge in [0, 0.05) is 44.2 Å². The van der Waals surface area contributed by atoms with Crippen LogP contribution in [0.25, 0.3) is 71.6 Å². The van der Waals surface area contributed by atoms with Crippen LogP contribution in [0.3, 0.4) is 0 Å². The van der Waals surface area contributed by atoms with E-state index in [4.69, 9.17) is 4.74 Å². The third-order valence-electron chi connectivity index (χ3n) is 11.6. The van der Waals surface area contributed by atoms with Gasteiger partial charge in [-0.3, -0.25) is 0 Å². The molecule has 0 bridgehead atoms. The number of aromatic nitrogens is 1. The number of fused-ring (bicyclic) bond motifs is 5. The fraction of sp³-hybridized carbons (Fsp3) is 0.0370. The minimum Gasteiger partial charge on any atom is -0.456 e. The second-order valence-corrected chi connectivity index (χ2v) is 15.0. The average molecular weight is 731 g/mol. The van der Waals surface area contributed by atoms with E-state index >= 15 is 0 Å². The third-order valence-corrected chi connectivity index (χ3v) is 11.6. The average Bonchev–Trinajstić information content (AvgIpc) is 3.60. The number of benzene rings is 9. The highest BCUT2D eigenvalue weighted by atomic mass is 16.5. The van der Waals surface area contributed by atoms with Gasteiger partial charge in [-0.2, -0.15) is 0 Å². The molecule has 0 saturated heterocycles. The second kappa shape index (κ2) is 13.1. The number of anilines is 3. The van der Waals surface area contributed by atoms with Gasteiger partial charge >= 0.3 is 0 Å². The molecule has 57 heavy (non-hydrogen) atoms. The van der Waals surface area contributed by atoms with Crippen molar-refractivity contribution in [3.63, 3.8) is 0 Å². The van der Waals surface area contributed by atoms with Gasteiger partial charge in [-0.15, -0.1) is 0 Å². The summed E-state index contributed by atoms with van der Waals surface area (Å²) in [6.07, 6.45) is 0. The van der Waals surface area contributed by atoms with E-state index in [9.17, 15) is 0 Å². The highest BCUT2D eigenvalue weighted by Crippen LogP contribution is 2.51. The summed E-state index contributed by atoms with van der Waals surface area (Å²) in [5, 5.41) is 4.78. The molecule has 2 heterocycles. The van der Waals surface area contributed by atoms with E-state index in [1.165, 1.54) is 66.4 Å². The van der Waals surface area contributed by atoms with E-state index in [0.717, 1.165) is 44.9 Å². The Bertz CT molecular complexity index is 3160. The summed E-state index contributed by atoms with van der Waals surface area (Å²) in [5.74, 6) is 1.78. The zero-order valence-electron chi connectivity index (χ0n) is 31.8. The first-order chi connectivity index (χ1) is 28.1. The molecule has 3 heteroatoms. The summed E-state index contributed by atoms with van der Waals surface area (Å²) in [7, 11) is 0. The van der Waals surface area contributed by atoms with Crippen molar-refractivity contribution in [3.05, 3.63) is 205 Å². The number of aryl methyl sites for hydroxylation is 2. The lowest BCUT2D eigenvalue weighted by molar-refractivity contribution is 0.487. The summed E-state index contributed by atoms with van der Waals surface area (Å²) in [6, 6.07) is 70.0. The molecular formula is C54H38N2O. The SMILES string of the molecule is Cc1cc(N(c2ccc(-c3ccccc3)cc2)c2ccc3c4c(cccc24)Oc2ccccc2-3)c(C)cc1-c1ccc2c(c1)c1ccccc1n2-c1ccccc1.